The molecule has 0 aliphatic heterocycles. The molecule has 0 saturated heterocycles. The number of esters is 1. The van der Waals surface area contributed by atoms with E-state index in [1.165, 1.54) is 6.92 Å². The molecule has 0 heterocycles. The Bertz CT molecular complexity index is 539. The van der Waals surface area contributed by atoms with E-state index in [2.05, 4.69) is 5.32 Å². The van der Waals surface area contributed by atoms with Gasteiger partial charge in [-0.2, -0.15) is 0 Å². The number of halogens is 2. The molecule has 1 atom stereocenters. The molecule has 0 bridgehead atoms. The van der Waals surface area contributed by atoms with Crippen molar-refractivity contribution in [2.75, 3.05) is 6.61 Å². The van der Waals surface area contributed by atoms with E-state index in [4.69, 9.17) is 4.74 Å². The summed E-state index contributed by atoms with van der Waals surface area (Å²) in [6.07, 6.45) is 0.289. The van der Waals surface area contributed by atoms with E-state index >= 15 is 0 Å². The van der Waals surface area contributed by atoms with E-state index in [9.17, 15) is 14.7 Å². The molecule has 7 heteroatoms. The van der Waals surface area contributed by atoms with Crippen molar-refractivity contribution in [3.05, 3.63) is 24.8 Å². The van der Waals surface area contributed by atoms with Crippen LogP contribution in [0.1, 0.15) is 26.3 Å². The van der Waals surface area contributed by atoms with Gasteiger partial charge in [-0.15, -0.1) is 0 Å². The van der Waals surface area contributed by atoms with Gasteiger partial charge in [-0.05, 0) is 76.7 Å². The van der Waals surface area contributed by atoms with Gasteiger partial charge < -0.3 is 15.2 Å². The maximum atomic E-state index is 12.2. The first kappa shape index (κ1) is 18.5. The van der Waals surface area contributed by atoms with Crippen LogP contribution in [0, 0.1) is 7.14 Å². The fourth-order valence-corrected chi connectivity index (χ4v) is 3.87. The Morgan fingerprint density at radius 3 is 2.29 bits per heavy atom. The SMILES string of the molecule is CCOC(=O)[C@](C)(Cc1cc(I)c(O)c(I)c1)NC(C)=O. The topological polar surface area (TPSA) is 75.6 Å². The summed E-state index contributed by atoms with van der Waals surface area (Å²) < 4.78 is 6.45. The van der Waals surface area contributed by atoms with Crippen LogP contribution in [0.2, 0.25) is 0 Å². The van der Waals surface area contributed by atoms with Crippen LogP contribution in [-0.4, -0.2) is 29.1 Å². The molecule has 2 N–H and O–H groups in total. The third-order valence-corrected chi connectivity index (χ3v) is 4.46. The van der Waals surface area contributed by atoms with E-state index in [0.29, 0.717) is 7.14 Å². The fraction of sp³-hybridized carbons (Fsp3) is 0.429. The van der Waals surface area contributed by atoms with Crippen LogP contribution in [0.15, 0.2) is 12.1 Å². The number of phenolic OH excluding ortho intramolecular Hbond substituents is 1. The largest absolute Gasteiger partial charge is 0.506 e. The third kappa shape index (κ3) is 4.97. The highest BCUT2D eigenvalue weighted by Gasteiger charge is 2.36. The second kappa shape index (κ2) is 7.61. The Morgan fingerprint density at radius 1 is 1.33 bits per heavy atom. The van der Waals surface area contributed by atoms with Crippen molar-refractivity contribution >= 4 is 57.1 Å². The zero-order valence-corrected chi connectivity index (χ0v) is 16.3. The quantitative estimate of drug-likeness (QED) is 0.466. The van der Waals surface area contributed by atoms with E-state index in [-0.39, 0.29) is 24.7 Å². The molecule has 0 fully saturated rings. The van der Waals surface area contributed by atoms with Crippen molar-refractivity contribution in [3.63, 3.8) is 0 Å². The molecule has 1 rings (SSSR count). The standard InChI is InChI=1S/C14H17I2NO4/c1-4-21-13(20)14(3,17-8(2)18)7-9-5-10(15)12(19)11(16)6-9/h5-6,19H,4,7H2,1-3H3,(H,17,18)/t14-/m0/s1. The summed E-state index contributed by atoms with van der Waals surface area (Å²) in [6, 6.07) is 3.58. The molecule has 5 nitrogen and oxygen atoms in total. The summed E-state index contributed by atoms with van der Waals surface area (Å²) in [5, 5.41) is 12.5. The van der Waals surface area contributed by atoms with Crippen LogP contribution in [0.3, 0.4) is 0 Å². The zero-order valence-electron chi connectivity index (χ0n) is 12.0. The maximum Gasteiger partial charge on any atom is 0.331 e. The average molecular weight is 517 g/mol. The van der Waals surface area contributed by atoms with Gasteiger partial charge in [-0.3, -0.25) is 4.79 Å². The summed E-state index contributed by atoms with van der Waals surface area (Å²) in [5.41, 5.74) is -0.295. The van der Waals surface area contributed by atoms with Crippen molar-refractivity contribution in [2.24, 2.45) is 0 Å². The van der Waals surface area contributed by atoms with Crippen LogP contribution in [0.4, 0.5) is 0 Å². The number of aromatic hydroxyl groups is 1. The summed E-state index contributed by atoms with van der Waals surface area (Å²) in [6.45, 7) is 4.97. The van der Waals surface area contributed by atoms with E-state index in [1.807, 2.05) is 45.2 Å². The van der Waals surface area contributed by atoms with E-state index in [1.54, 1.807) is 26.0 Å². The highest BCUT2D eigenvalue weighted by Crippen LogP contribution is 2.29. The van der Waals surface area contributed by atoms with Crippen molar-refractivity contribution in [3.8, 4) is 5.75 Å². The van der Waals surface area contributed by atoms with Crippen molar-refractivity contribution < 1.29 is 19.4 Å². The minimum Gasteiger partial charge on any atom is -0.506 e. The Balaban J connectivity index is 3.12. The maximum absolute atomic E-state index is 12.2. The molecule has 0 aromatic heterocycles. The van der Waals surface area contributed by atoms with Crippen LogP contribution in [0.25, 0.3) is 0 Å². The van der Waals surface area contributed by atoms with Crippen molar-refractivity contribution in [2.45, 2.75) is 32.7 Å². The number of hydrogen-bond donors (Lipinski definition) is 2. The predicted molar refractivity (Wildman–Crippen MR) is 96.1 cm³/mol. The van der Waals surface area contributed by atoms with Gasteiger partial charge in [0.05, 0.1) is 13.7 Å². The lowest BCUT2D eigenvalue weighted by atomic mass is 9.92. The van der Waals surface area contributed by atoms with E-state index < -0.39 is 11.5 Å². The van der Waals surface area contributed by atoms with Crippen molar-refractivity contribution in [1.29, 1.82) is 0 Å². The third-order valence-electron chi connectivity index (χ3n) is 2.81. The van der Waals surface area contributed by atoms with Gasteiger partial charge in [0.1, 0.15) is 11.3 Å². The number of amides is 1. The molecular formula is C14H17I2NO4. The van der Waals surface area contributed by atoms with E-state index in [0.717, 1.165) is 5.56 Å². The fourth-order valence-electron chi connectivity index (χ4n) is 1.97. The molecule has 1 aromatic rings. The molecule has 116 valence electrons. The highest BCUT2D eigenvalue weighted by molar-refractivity contribution is 14.1. The van der Waals surface area contributed by atoms with Gasteiger partial charge >= 0.3 is 5.97 Å². The van der Waals surface area contributed by atoms with Gasteiger partial charge in [0.25, 0.3) is 0 Å². The second-order valence-electron chi connectivity index (χ2n) is 4.82. The van der Waals surface area contributed by atoms with Gasteiger partial charge in [-0.25, -0.2) is 4.79 Å². The molecule has 21 heavy (non-hydrogen) atoms. The molecular weight excluding hydrogens is 500 g/mol. The number of ether oxygens (including phenoxy) is 1. The van der Waals surface area contributed by atoms with Gasteiger partial charge in [0, 0.05) is 13.3 Å². The Labute approximate surface area is 151 Å². The monoisotopic (exact) mass is 517 g/mol. The lowest BCUT2D eigenvalue weighted by Crippen LogP contribution is -2.54. The first-order valence-electron chi connectivity index (χ1n) is 6.32. The second-order valence-corrected chi connectivity index (χ2v) is 7.14. The molecule has 0 spiro atoms. The number of carbonyl (C=O) groups excluding carboxylic acids is 2. The summed E-state index contributed by atoms with van der Waals surface area (Å²) in [4.78, 5) is 23.5. The molecule has 0 radical (unpaired) electrons. The number of nitrogens with one attached hydrogen (secondary N) is 1. The number of rotatable bonds is 5. The molecule has 0 unspecified atom stereocenters. The predicted octanol–water partition coefficient (Wildman–Crippen LogP) is 2.60. The normalized spacial score (nSPS) is 13.4. The van der Waals surface area contributed by atoms with Crippen LogP contribution in [-0.2, 0) is 20.7 Å². The van der Waals surface area contributed by atoms with Gasteiger partial charge in [-0.1, -0.05) is 0 Å². The van der Waals surface area contributed by atoms with Crippen LogP contribution >= 0.6 is 45.2 Å². The Kier molecular flexibility index (Phi) is 6.70. The average Bonchev–Trinajstić information content (AvgIpc) is 2.35. The zero-order chi connectivity index (χ0) is 16.2. The summed E-state index contributed by atoms with van der Waals surface area (Å²) in [5.74, 6) is -0.552. The molecule has 0 aliphatic carbocycles. The number of benzene rings is 1. The highest BCUT2D eigenvalue weighted by atomic mass is 127. The van der Waals surface area contributed by atoms with Crippen LogP contribution < -0.4 is 5.32 Å². The minimum absolute atomic E-state index is 0.220. The lowest BCUT2D eigenvalue weighted by molar-refractivity contribution is -0.152. The summed E-state index contributed by atoms with van der Waals surface area (Å²) in [7, 11) is 0. The smallest absolute Gasteiger partial charge is 0.331 e. The minimum atomic E-state index is -1.13. The number of carbonyl (C=O) groups is 2. The first-order valence-corrected chi connectivity index (χ1v) is 8.48. The van der Waals surface area contributed by atoms with Crippen molar-refractivity contribution in [1.82, 2.24) is 5.32 Å². The van der Waals surface area contributed by atoms with Gasteiger partial charge in [0.2, 0.25) is 5.91 Å². The molecule has 0 saturated carbocycles. The van der Waals surface area contributed by atoms with Gasteiger partial charge in [0.15, 0.2) is 0 Å². The number of hydrogen-bond acceptors (Lipinski definition) is 4. The first-order chi connectivity index (χ1) is 9.69. The Hall–Kier alpha value is -0.580. The molecule has 1 aromatic carbocycles. The molecule has 1 amide bonds. The lowest BCUT2D eigenvalue weighted by Gasteiger charge is -2.28. The van der Waals surface area contributed by atoms with Crippen LogP contribution in [0.5, 0.6) is 5.75 Å². The number of phenols is 1. The summed E-state index contributed by atoms with van der Waals surface area (Å²) >= 11 is 4.06. The molecule has 0 aliphatic rings. The Morgan fingerprint density at radius 2 is 1.86 bits per heavy atom.